The van der Waals surface area contributed by atoms with Gasteiger partial charge in [-0.25, -0.2) is 9.97 Å². The zero-order chi connectivity index (χ0) is 13.1. The minimum absolute atomic E-state index is 0.0547. The number of ether oxygens (including phenoxy) is 1. The number of nitrogens with zero attached hydrogens (tertiary/aromatic N) is 3. The summed E-state index contributed by atoms with van der Waals surface area (Å²) in [5.41, 5.74) is 0.577. The van der Waals surface area contributed by atoms with Gasteiger partial charge in [-0.3, -0.25) is 10.1 Å². The Hall–Kier alpha value is -2.02. The fourth-order valence-corrected chi connectivity index (χ4v) is 1.56. The second-order valence-corrected chi connectivity index (χ2v) is 4.41. The summed E-state index contributed by atoms with van der Waals surface area (Å²) in [6.07, 6.45) is 3.11. The summed E-state index contributed by atoms with van der Waals surface area (Å²) in [5.74, 6) is 0.459. The Bertz CT molecular complexity index is 587. The third kappa shape index (κ3) is 2.80. The van der Waals surface area contributed by atoms with Crippen LogP contribution >= 0.6 is 15.9 Å². The monoisotopic (exact) mass is 309 g/mol. The van der Waals surface area contributed by atoms with Crippen LogP contribution in [0.5, 0.6) is 11.8 Å². The standard InChI is InChI=1S/C11H8BrN3O3/c1-7-4-9(2-3-10(7)15(16)17)18-11-13-5-8(12)6-14-11/h2-6H,1H3. The predicted molar refractivity (Wildman–Crippen MR) is 67.6 cm³/mol. The molecule has 0 radical (unpaired) electrons. The molecule has 0 spiro atoms. The van der Waals surface area contributed by atoms with Gasteiger partial charge in [0.15, 0.2) is 0 Å². The molecule has 0 unspecified atom stereocenters. The molecule has 92 valence electrons. The lowest BCUT2D eigenvalue weighted by Gasteiger charge is -2.04. The molecule has 1 aromatic heterocycles. The molecule has 0 aliphatic heterocycles. The number of aromatic nitrogens is 2. The van der Waals surface area contributed by atoms with E-state index in [9.17, 15) is 10.1 Å². The zero-order valence-corrected chi connectivity index (χ0v) is 10.9. The van der Waals surface area contributed by atoms with Crippen molar-refractivity contribution in [3.8, 4) is 11.8 Å². The lowest BCUT2D eigenvalue weighted by atomic mass is 10.2. The highest BCUT2D eigenvalue weighted by atomic mass is 79.9. The summed E-state index contributed by atoms with van der Waals surface area (Å²) in [6, 6.07) is 4.66. The topological polar surface area (TPSA) is 78.2 Å². The molecule has 1 heterocycles. The molecule has 0 aliphatic carbocycles. The Morgan fingerprint density at radius 3 is 2.56 bits per heavy atom. The highest BCUT2D eigenvalue weighted by Gasteiger charge is 2.11. The van der Waals surface area contributed by atoms with Gasteiger partial charge in [-0.15, -0.1) is 0 Å². The van der Waals surface area contributed by atoms with E-state index in [4.69, 9.17) is 4.74 Å². The number of nitro benzene ring substituents is 1. The van der Waals surface area contributed by atoms with E-state index >= 15 is 0 Å². The third-order valence-corrected chi connectivity index (χ3v) is 2.58. The zero-order valence-electron chi connectivity index (χ0n) is 9.33. The van der Waals surface area contributed by atoms with Gasteiger partial charge >= 0.3 is 6.01 Å². The maximum atomic E-state index is 10.7. The SMILES string of the molecule is Cc1cc(Oc2ncc(Br)cn2)ccc1[N+](=O)[O-]. The molecule has 18 heavy (non-hydrogen) atoms. The van der Waals surface area contributed by atoms with Crippen molar-refractivity contribution < 1.29 is 9.66 Å². The molecule has 1 aromatic carbocycles. The molecular weight excluding hydrogens is 302 g/mol. The maximum Gasteiger partial charge on any atom is 0.321 e. The van der Waals surface area contributed by atoms with Gasteiger partial charge in [0.05, 0.1) is 9.40 Å². The van der Waals surface area contributed by atoms with Gasteiger partial charge in [-0.2, -0.15) is 0 Å². The Balaban J connectivity index is 2.22. The van der Waals surface area contributed by atoms with Crippen LogP contribution in [0.2, 0.25) is 0 Å². The molecule has 2 aromatic rings. The van der Waals surface area contributed by atoms with Crippen LogP contribution in [0.4, 0.5) is 5.69 Å². The lowest BCUT2D eigenvalue weighted by molar-refractivity contribution is -0.385. The summed E-state index contributed by atoms with van der Waals surface area (Å²) < 4.78 is 6.13. The first kappa shape index (κ1) is 12.4. The van der Waals surface area contributed by atoms with Crippen LogP contribution in [0.1, 0.15) is 5.56 Å². The lowest BCUT2D eigenvalue weighted by Crippen LogP contribution is -1.94. The molecule has 0 saturated carbocycles. The van der Waals surface area contributed by atoms with E-state index in [2.05, 4.69) is 25.9 Å². The largest absolute Gasteiger partial charge is 0.424 e. The predicted octanol–water partition coefficient (Wildman–Crippen LogP) is 3.25. The van der Waals surface area contributed by atoms with E-state index in [-0.39, 0.29) is 11.7 Å². The number of rotatable bonds is 3. The normalized spacial score (nSPS) is 10.1. The molecule has 6 nitrogen and oxygen atoms in total. The Morgan fingerprint density at radius 1 is 1.33 bits per heavy atom. The van der Waals surface area contributed by atoms with Crippen molar-refractivity contribution in [3.05, 3.63) is 50.7 Å². The van der Waals surface area contributed by atoms with E-state index in [1.54, 1.807) is 25.4 Å². The summed E-state index contributed by atoms with van der Waals surface area (Å²) in [5, 5.41) is 10.7. The van der Waals surface area contributed by atoms with Crippen molar-refractivity contribution in [1.29, 1.82) is 0 Å². The molecule has 0 bridgehead atoms. The van der Waals surface area contributed by atoms with Gasteiger partial charge in [0, 0.05) is 24.0 Å². The quantitative estimate of drug-likeness (QED) is 0.642. The summed E-state index contributed by atoms with van der Waals surface area (Å²) in [7, 11) is 0. The first-order chi connectivity index (χ1) is 8.56. The molecule has 0 atom stereocenters. The van der Waals surface area contributed by atoms with Crippen molar-refractivity contribution in [2.24, 2.45) is 0 Å². The molecule has 0 N–H and O–H groups in total. The second kappa shape index (κ2) is 5.09. The van der Waals surface area contributed by atoms with Crippen LogP contribution in [-0.2, 0) is 0 Å². The fourth-order valence-electron chi connectivity index (χ4n) is 1.35. The van der Waals surface area contributed by atoms with Crippen LogP contribution in [-0.4, -0.2) is 14.9 Å². The number of nitro groups is 1. The van der Waals surface area contributed by atoms with Crippen LogP contribution in [0.25, 0.3) is 0 Å². The van der Waals surface area contributed by atoms with Crippen molar-refractivity contribution in [2.45, 2.75) is 6.92 Å². The van der Waals surface area contributed by atoms with E-state index in [1.807, 2.05) is 0 Å². The van der Waals surface area contributed by atoms with Crippen LogP contribution in [0.15, 0.2) is 35.1 Å². The molecule has 0 amide bonds. The van der Waals surface area contributed by atoms with Gasteiger partial charge < -0.3 is 4.74 Å². The molecule has 0 fully saturated rings. The van der Waals surface area contributed by atoms with E-state index < -0.39 is 4.92 Å². The van der Waals surface area contributed by atoms with Crippen LogP contribution < -0.4 is 4.74 Å². The van der Waals surface area contributed by atoms with Gasteiger partial charge in [0.25, 0.3) is 5.69 Å². The number of benzene rings is 1. The molecule has 0 aliphatic rings. The van der Waals surface area contributed by atoms with Crippen molar-refractivity contribution in [3.63, 3.8) is 0 Å². The van der Waals surface area contributed by atoms with E-state index in [0.717, 1.165) is 4.47 Å². The van der Waals surface area contributed by atoms with Crippen LogP contribution in [0, 0.1) is 17.0 Å². The minimum Gasteiger partial charge on any atom is -0.424 e. The Kier molecular flexibility index (Phi) is 3.52. The fraction of sp³-hybridized carbons (Fsp3) is 0.0909. The maximum absolute atomic E-state index is 10.7. The smallest absolute Gasteiger partial charge is 0.321 e. The number of halogens is 1. The van der Waals surface area contributed by atoms with Crippen molar-refractivity contribution in [2.75, 3.05) is 0 Å². The van der Waals surface area contributed by atoms with Crippen molar-refractivity contribution >= 4 is 21.6 Å². The molecule has 0 saturated heterocycles. The third-order valence-electron chi connectivity index (χ3n) is 2.17. The van der Waals surface area contributed by atoms with Gasteiger partial charge in [0.1, 0.15) is 5.75 Å². The Labute approximate surface area is 111 Å². The number of aryl methyl sites for hydroxylation is 1. The highest BCUT2D eigenvalue weighted by Crippen LogP contribution is 2.25. The Morgan fingerprint density at radius 2 is 2.00 bits per heavy atom. The number of hydrogen-bond donors (Lipinski definition) is 0. The molecular formula is C11H8BrN3O3. The molecule has 2 rings (SSSR count). The average Bonchev–Trinajstić information content (AvgIpc) is 2.32. The van der Waals surface area contributed by atoms with Crippen LogP contribution in [0.3, 0.4) is 0 Å². The number of hydrogen-bond acceptors (Lipinski definition) is 5. The first-order valence-corrected chi connectivity index (χ1v) is 5.76. The summed E-state index contributed by atoms with van der Waals surface area (Å²) in [6.45, 7) is 1.65. The first-order valence-electron chi connectivity index (χ1n) is 4.96. The second-order valence-electron chi connectivity index (χ2n) is 3.49. The van der Waals surface area contributed by atoms with Gasteiger partial charge in [-0.1, -0.05) is 0 Å². The summed E-state index contributed by atoms with van der Waals surface area (Å²) >= 11 is 3.21. The molecule has 7 heteroatoms. The van der Waals surface area contributed by atoms with E-state index in [0.29, 0.717) is 11.3 Å². The van der Waals surface area contributed by atoms with Gasteiger partial charge in [0.2, 0.25) is 0 Å². The summed E-state index contributed by atoms with van der Waals surface area (Å²) in [4.78, 5) is 18.1. The minimum atomic E-state index is -0.435. The average molecular weight is 310 g/mol. The highest BCUT2D eigenvalue weighted by molar-refractivity contribution is 9.10. The van der Waals surface area contributed by atoms with E-state index in [1.165, 1.54) is 12.1 Å². The van der Waals surface area contributed by atoms with Gasteiger partial charge in [-0.05, 0) is 35.0 Å². The van der Waals surface area contributed by atoms with Crippen molar-refractivity contribution in [1.82, 2.24) is 9.97 Å².